The highest BCUT2D eigenvalue weighted by molar-refractivity contribution is 5.24. The molecular weight excluding hydrogens is 198 g/mol. The molecule has 0 aliphatic heterocycles. The Kier molecular flexibility index (Phi) is 3.27. The highest BCUT2D eigenvalue weighted by Gasteiger charge is 2.18. The minimum Gasteiger partial charge on any atom is -0.296 e. The Hall–Kier alpha value is -1.74. The van der Waals surface area contributed by atoms with Gasteiger partial charge in [-0.25, -0.2) is 9.97 Å². The normalized spacial score (nSPS) is 12.7. The molecule has 82 valence electrons. The van der Waals surface area contributed by atoms with Crippen LogP contribution in [0.1, 0.15) is 17.4 Å². The van der Waals surface area contributed by atoms with Crippen molar-refractivity contribution < 1.29 is 0 Å². The highest BCUT2D eigenvalue weighted by atomic mass is 15.1. The van der Waals surface area contributed by atoms with E-state index in [2.05, 4.69) is 27.0 Å². The molecule has 3 nitrogen and oxygen atoms in total. The van der Waals surface area contributed by atoms with Crippen LogP contribution in [0.4, 0.5) is 0 Å². The first-order valence-electron chi connectivity index (χ1n) is 5.27. The summed E-state index contributed by atoms with van der Waals surface area (Å²) in [7, 11) is 4.07. The molecule has 1 unspecified atom stereocenters. The number of hydrogen-bond donors (Lipinski definition) is 0. The molecule has 1 atom stereocenters. The topological polar surface area (TPSA) is 29.0 Å². The molecular formula is C13H15N3. The second-order valence-corrected chi connectivity index (χ2v) is 3.88. The predicted molar refractivity (Wildman–Crippen MR) is 64.0 cm³/mol. The van der Waals surface area contributed by atoms with Gasteiger partial charge in [-0.15, -0.1) is 0 Å². The standard InChI is InChI=1S/C13H15N3/c1-16(2)12(11-7-4-3-5-8-11)13-14-9-6-10-15-13/h3-10,12H,1-2H3. The van der Waals surface area contributed by atoms with Crippen molar-refractivity contribution in [3.05, 3.63) is 60.2 Å². The van der Waals surface area contributed by atoms with Crippen molar-refractivity contribution in [3.63, 3.8) is 0 Å². The largest absolute Gasteiger partial charge is 0.296 e. The zero-order chi connectivity index (χ0) is 11.4. The van der Waals surface area contributed by atoms with Gasteiger partial charge in [-0.2, -0.15) is 0 Å². The molecule has 0 aliphatic rings. The molecule has 0 aliphatic carbocycles. The van der Waals surface area contributed by atoms with Gasteiger partial charge in [0.2, 0.25) is 0 Å². The van der Waals surface area contributed by atoms with Gasteiger partial charge in [0.25, 0.3) is 0 Å². The Morgan fingerprint density at radius 1 is 0.938 bits per heavy atom. The first-order chi connectivity index (χ1) is 7.79. The zero-order valence-corrected chi connectivity index (χ0v) is 9.54. The van der Waals surface area contributed by atoms with Gasteiger partial charge in [-0.3, -0.25) is 4.90 Å². The van der Waals surface area contributed by atoms with Crippen molar-refractivity contribution >= 4 is 0 Å². The number of benzene rings is 1. The van der Waals surface area contributed by atoms with Gasteiger partial charge in [-0.05, 0) is 25.7 Å². The lowest BCUT2D eigenvalue weighted by Gasteiger charge is -2.23. The molecule has 3 heteroatoms. The summed E-state index contributed by atoms with van der Waals surface area (Å²) in [6.45, 7) is 0. The summed E-state index contributed by atoms with van der Waals surface area (Å²) < 4.78 is 0. The van der Waals surface area contributed by atoms with E-state index in [1.165, 1.54) is 5.56 Å². The first-order valence-corrected chi connectivity index (χ1v) is 5.27. The molecule has 0 saturated carbocycles. The van der Waals surface area contributed by atoms with Crippen LogP contribution in [0.2, 0.25) is 0 Å². The predicted octanol–water partition coefficient (Wildman–Crippen LogP) is 2.13. The minimum atomic E-state index is 0.113. The van der Waals surface area contributed by atoms with E-state index in [1.807, 2.05) is 38.4 Å². The van der Waals surface area contributed by atoms with Crippen molar-refractivity contribution in [1.29, 1.82) is 0 Å². The number of aromatic nitrogens is 2. The second-order valence-electron chi connectivity index (χ2n) is 3.88. The maximum atomic E-state index is 4.32. The van der Waals surface area contributed by atoms with Crippen LogP contribution in [0.25, 0.3) is 0 Å². The van der Waals surface area contributed by atoms with Crippen LogP contribution >= 0.6 is 0 Å². The van der Waals surface area contributed by atoms with Gasteiger partial charge in [0, 0.05) is 12.4 Å². The second kappa shape index (κ2) is 4.86. The van der Waals surface area contributed by atoms with Crippen molar-refractivity contribution in [2.75, 3.05) is 14.1 Å². The van der Waals surface area contributed by atoms with Crippen LogP contribution in [-0.2, 0) is 0 Å². The van der Waals surface area contributed by atoms with Gasteiger partial charge < -0.3 is 0 Å². The molecule has 0 bridgehead atoms. The molecule has 0 saturated heterocycles. The quantitative estimate of drug-likeness (QED) is 0.782. The van der Waals surface area contributed by atoms with Crippen molar-refractivity contribution in [2.45, 2.75) is 6.04 Å². The number of nitrogens with zero attached hydrogens (tertiary/aromatic N) is 3. The zero-order valence-electron chi connectivity index (χ0n) is 9.54. The van der Waals surface area contributed by atoms with Crippen LogP contribution in [0.5, 0.6) is 0 Å². The Morgan fingerprint density at radius 2 is 1.56 bits per heavy atom. The fourth-order valence-electron chi connectivity index (χ4n) is 1.77. The SMILES string of the molecule is CN(C)C(c1ccccc1)c1ncccn1. The van der Waals surface area contributed by atoms with E-state index in [4.69, 9.17) is 0 Å². The summed E-state index contributed by atoms with van der Waals surface area (Å²) in [5.74, 6) is 0.832. The Balaban J connectivity index is 2.40. The van der Waals surface area contributed by atoms with E-state index in [0.29, 0.717) is 0 Å². The van der Waals surface area contributed by atoms with Gasteiger partial charge >= 0.3 is 0 Å². The van der Waals surface area contributed by atoms with Gasteiger partial charge in [0.15, 0.2) is 0 Å². The van der Waals surface area contributed by atoms with Crippen LogP contribution in [0, 0.1) is 0 Å². The molecule has 0 N–H and O–H groups in total. The Labute approximate surface area is 95.8 Å². The fraction of sp³-hybridized carbons (Fsp3) is 0.231. The molecule has 0 amide bonds. The molecule has 0 spiro atoms. The monoisotopic (exact) mass is 213 g/mol. The van der Waals surface area contributed by atoms with E-state index in [9.17, 15) is 0 Å². The summed E-state index contributed by atoms with van der Waals surface area (Å²) in [6.07, 6.45) is 3.56. The van der Waals surface area contributed by atoms with Gasteiger partial charge in [-0.1, -0.05) is 30.3 Å². The molecule has 0 fully saturated rings. The molecule has 2 rings (SSSR count). The fourth-order valence-corrected chi connectivity index (χ4v) is 1.77. The molecule has 0 radical (unpaired) electrons. The maximum absolute atomic E-state index is 4.32. The molecule has 16 heavy (non-hydrogen) atoms. The first kappa shape index (κ1) is 10.8. The molecule has 1 aromatic heterocycles. The molecule has 2 aromatic rings. The van der Waals surface area contributed by atoms with E-state index in [1.54, 1.807) is 12.4 Å². The summed E-state index contributed by atoms with van der Waals surface area (Å²) in [6, 6.07) is 12.2. The molecule has 1 heterocycles. The lowest BCUT2D eigenvalue weighted by Crippen LogP contribution is -2.22. The Bertz CT molecular complexity index is 386. The maximum Gasteiger partial charge on any atom is 0.149 e. The number of hydrogen-bond acceptors (Lipinski definition) is 3. The smallest absolute Gasteiger partial charge is 0.149 e. The van der Waals surface area contributed by atoms with Gasteiger partial charge in [0.1, 0.15) is 5.82 Å². The van der Waals surface area contributed by atoms with E-state index in [-0.39, 0.29) is 6.04 Å². The average molecular weight is 213 g/mol. The van der Waals surface area contributed by atoms with Crippen molar-refractivity contribution in [1.82, 2.24) is 14.9 Å². The highest BCUT2D eigenvalue weighted by Crippen LogP contribution is 2.22. The average Bonchev–Trinajstić information content (AvgIpc) is 2.31. The lowest BCUT2D eigenvalue weighted by atomic mass is 10.1. The third-order valence-electron chi connectivity index (χ3n) is 2.46. The number of rotatable bonds is 3. The van der Waals surface area contributed by atoms with Crippen molar-refractivity contribution in [2.24, 2.45) is 0 Å². The summed E-state index contributed by atoms with van der Waals surface area (Å²) >= 11 is 0. The van der Waals surface area contributed by atoms with E-state index in [0.717, 1.165) is 5.82 Å². The Morgan fingerprint density at radius 3 is 2.12 bits per heavy atom. The van der Waals surface area contributed by atoms with Crippen molar-refractivity contribution in [3.8, 4) is 0 Å². The summed E-state index contributed by atoms with van der Waals surface area (Å²) in [4.78, 5) is 10.8. The van der Waals surface area contributed by atoms with E-state index >= 15 is 0 Å². The van der Waals surface area contributed by atoms with Gasteiger partial charge in [0.05, 0.1) is 6.04 Å². The van der Waals surface area contributed by atoms with E-state index < -0.39 is 0 Å². The summed E-state index contributed by atoms with van der Waals surface area (Å²) in [5, 5.41) is 0. The van der Waals surface area contributed by atoms with Crippen LogP contribution in [0.15, 0.2) is 48.8 Å². The van der Waals surface area contributed by atoms with Crippen LogP contribution in [-0.4, -0.2) is 29.0 Å². The third-order valence-corrected chi connectivity index (χ3v) is 2.46. The minimum absolute atomic E-state index is 0.113. The van der Waals surface area contributed by atoms with Crippen LogP contribution < -0.4 is 0 Å². The molecule has 1 aromatic carbocycles. The third kappa shape index (κ3) is 2.25. The lowest BCUT2D eigenvalue weighted by molar-refractivity contribution is 0.329. The summed E-state index contributed by atoms with van der Waals surface area (Å²) in [5.41, 5.74) is 1.21. The van der Waals surface area contributed by atoms with Crippen LogP contribution in [0.3, 0.4) is 0 Å².